The average Bonchev–Trinajstić information content (AvgIpc) is 2.74. The van der Waals surface area contributed by atoms with Crippen LogP contribution in [0.4, 0.5) is 0 Å². The van der Waals surface area contributed by atoms with E-state index in [2.05, 4.69) is 26.5 Å². The molecule has 1 aliphatic rings. The molecule has 5 heteroatoms. The SMILES string of the molecule is C=CC[C@@]1(C)C[C@H](c2cccc(Cl)c2)[C@@H](c2ccc(Cl)cc2)N([C@@H](CC(C)C)C(C)O)C1=O. The first-order valence-corrected chi connectivity index (χ1v) is 12.5. The zero-order valence-electron chi connectivity index (χ0n) is 20.0. The summed E-state index contributed by atoms with van der Waals surface area (Å²) in [4.78, 5) is 16.1. The lowest BCUT2D eigenvalue weighted by Gasteiger charge is -2.53. The fourth-order valence-corrected chi connectivity index (χ4v) is 5.60. The summed E-state index contributed by atoms with van der Waals surface area (Å²) in [6.07, 6.45) is 3.10. The second-order valence-electron chi connectivity index (χ2n) is 10.1. The first kappa shape index (κ1) is 25.8. The van der Waals surface area contributed by atoms with Crippen LogP contribution in [-0.4, -0.2) is 28.1 Å². The fraction of sp³-hybridized carbons (Fsp3) is 0.464. The molecule has 2 aromatic rings. The molecule has 2 aromatic carbocycles. The Labute approximate surface area is 208 Å². The topological polar surface area (TPSA) is 40.5 Å². The smallest absolute Gasteiger partial charge is 0.229 e. The summed E-state index contributed by atoms with van der Waals surface area (Å²) in [5, 5.41) is 12.2. The van der Waals surface area contributed by atoms with Crippen LogP contribution in [-0.2, 0) is 4.79 Å². The number of nitrogens with zero attached hydrogens (tertiary/aromatic N) is 1. The van der Waals surface area contributed by atoms with E-state index in [1.165, 1.54) is 0 Å². The molecule has 33 heavy (non-hydrogen) atoms. The summed E-state index contributed by atoms with van der Waals surface area (Å²) < 4.78 is 0. The Kier molecular flexibility index (Phi) is 8.31. The largest absolute Gasteiger partial charge is 0.391 e. The Balaban J connectivity index is 2.25. The highest BCUT2D eigenvalue weighted by atomic mass is 35.5. The molecular formula is C28H35Cl2NO2. The number of piperidine rings is 1. The molecule has 0 aliphatic carbocycles. The number of carbonyl (C=O) groups is 1. The molecule has 1 heterocycles. The standard InChI is InChI=1S/C28H35Cl2NO2/c1-6-14-28(5)17-24(21-8-7-9-23(30)16-21)26(20-10-12-22(29)13-11-20)31(27(28)33)25(19(4)32)15-18(2)3/h6-13,16,18-19,24-26,32H,1,14-15,17H2,2-5H3/t19?,24-,25+,26-,28+/m1/s1. The number of aliphatic hydroxyl groups is 1. The first-order valence-electron chi connectivity index (χ1n) is 11.7. The van der Waals surface area contributed by atoms with Crippen molar-refractivity contribution >= 4 is 29.1 Å². The monoisotopic (exact) mass is 487 g/mol. The summed E-state index contributed by atoms with van der Waals surface area (Å²) >= 11 is 12.6. The maximum atomic E-state index is 14.2. The van der Waals surface area contributed by atoms with Crippen molar-refractivity contribution in [1.82, 2.24) is 4.90 Å². The number of aliphatic hydroxyl groups excluding tert-OH is 1. The molecule has 1 fully saturated rings. The lowest BCUT2D eigenvalue weighted by Crippen LogP contribution is -2.58. The lowest BCUT2D eigenvalue weighted by molar-refractivity contribution is -0.158. The summed E-state index contributed by atoms with van der Waals surface area (Å²) in [7, 11) is 0. The van der Waals surface area contributed by atoms with Gasteiger partial charge in [0.05, 0.1) is 23.6 Å². The molecular weight excluding hydrogens is 453 g/mol. The van der Waals surface area contributed by atoms with E-state index in [1.54, 1.807) is 6.92 Å². The number of carbonyl (C=O) groups excluding carboxylic acids is 1. The van der Waals surface area contributed by atoms with Crippen LogP contribution in [0.25, 0.3) is 0 Å². The number of amides is 1. The van der Waals surface area contributed by atoms with Gasteiger partial charge in [-0.25, -0.2) is 0 Å². The number of halogens is 2. The van der Waals surface area contributed by atoms with Crippen molar-refractivity contribution in [3.63, 3.8) is 0 Å². The van der Waals surface area contributed by atoms with Crippen molar-refractivity contribution in [2.75, 3.05) is 0 Å². The molecule has 1 N–H and O–H groups in total. The molecule has 0 saturated carbocycles. The van der Waals surface area contributed by atoms with E-state index in [0.717, 1.165) is 11.1 Å². The predicted molar refractivity (Wildman–Crippen MR) is 138 cm³/mol. The summed E-state index contributed by atoms with van der Waals surface area (Å²) in [6.45, 7) is 12.0. The minimum atomic E-state index is -0.669. The summed E-state index contributed by atoms with van der Waals surface area (Å²) in [5.74, 6) is 0.383. The molecule has 3 nitrogen and oxygen atoms in total. The summed E-state index contributed by atoms with van der Waals surface area (Å²) in [5.41, 5.74) is 1.47. The highest BCUT2D eigenvalue weighted by Gasteiger charge is 2.51. The third kappa shape index (κ3) is 5.65. The Morgan fingerprint density at radius 1 is 1.12 bits per heavy atom. The van der Waals surface area contributed by atoms with Crippen LogP contribution in [0.15, 0.2) is 61.2 Å². The molecule has 0 bridgehead atoms. The van der Waals surface area contributed by atoms with E-state index in [-0.39, 0.29) is 23.9 Å². The molecule has 0 radical (unpaired) electrons. The highest BCUT2D eigenvalue weighted by Crippen LogP contribution is 2.52. The van der Waals surface area contributed by atoms with Crippen LogP contribution in [0.2, 0.25) is 10.0 Å². The van der Waals surface area contributed by atoms with Crippen molar-refractivity contribution in [1.29, 1.82) is 0 Å². The van der Waals surface area contributed by atoms with E-state index in [0.29, 0.717) is 35.2 Å². The zero-order valence-corrected chi connectivity index (χ0v) is 21.5. The van der Waals surface area contributed by atoms with E-state index >= 15 is 0 Å². The third-order valence-corrected chi connectivity index (χ3v) is 7.30. The van der Waals surface area contributed by atoms with Gasteiger partial charge in [0.15, 0.2) is 0 Å². The van der Waals surface area contributed by atoms with Gasteiger partial charge in [-0.05, 0) is 67.5 Å². The van der Waals surface area contributed by atoms with Crippen molar-refractivity contribution in [3.05, 3.63) is 82.4 Å². The normalized spacial score (nSPS) is 25.2. The van der Waals surface area contributed by atoms with Gasteiger partial charge in [0, 0.05) is 16.0 Å². The average molecular weight is 488 g/mol. The second-order valence-corrected chi connectivity index (χ2v) is 10.9. The zero-order chi connectivity index (χ0) is 24.3. The molecule has 1 saturated heterocycles. The van der Waals surface area contributed by atoms with Gasteiger partial charge in [0.1, 0.15) is 0 Å². The van der Waals surface area contributed by atoms with Gasteiger partial charge >= 0.3 is 0 Å². The second kappa shape index (κ2) is 10.6. The molecule has 0 aromatic heterocycles. The van der Waals surface area contributed by atoms with Crippen molar-refractivity contribution in [2.24, 2.45) is 11.3 Å². The van der Waals surface area contributed by atoms with E-state index < -0.39 is 11.5 Å². The molecule has 1 aliphatic heterocycles. The van der Waals surface area contributed by atoms with Crippen LogP contribution >= 0.6 is 23.2 Å². The molecule has 5 atom stereocenters. The Morgan fingerprint density at radius 2 is 1.79 bits per heavy atom. The van der Waals surface area contributed by atoms with Crippen molar-refractivity contribution in [3.8, 4) is 0 Å². The van der Waals surface area contributed by atoms with Crippen LogP contribution in [0.1, 0.15) is 70.0 Å². The van der Waals surface area contributed by atoms with E-state index in [9.17, 15) is 9.90 Å². The molecule has 178 valence electrons. The van der Waals surface area contributed by atoms with E-state index in [1.807, 2.05) is 60.4 Å². The van der Waals surface area contributed by atoms with Gasteiger partial charge < -0.3 is 10.0 Å². The fourth-order valence-electron chi connectivity index (χ4n) is 5.28. The van der Waals surface area contributed by atoms with Gasteiger partial charge in [-0.3, -0.25) is 4.79 Å². The minimum Gasteiger partial charge on any atom is -0.391 e. The lowest BCUT2D eigenvalue weighted by atomic mass is 9.66. The Bertz CT molecular complexity index is 972. The Hall–Kier alpha value is -1.81. The third-order valence-electron chi connectivity index (χ3n) is 6.81. The minimum absolute atomic E-state index is 0.000868. The molecule has 0 spiro atoms. The number of hydrogen-bond donors (Lipinski definition) is 1. The number of rotatable bonds is 8. The molecule has 3 rings (SSSR count). The highest BCUT2D eigenvalue weighted by molar-refractivity contribution is 6.30. The van der Waals surface area contributed by atoms with Crippen LogP contribution in [0.3, 0.4) is 0 Å². The molecule has 1 amide bonds. The van der Waals surface area contributed by atoms with Gasteiger partial charge in [-0.15, -0.1) is 6.58 Å². The van der Waals surface area contributed by atoms with Crippen molar-refractivity contribution in [2.45, 2.75) is 71.1 Å². The van der Waals surface area contributed by atoms with Gasteiger partial charge in [0.2, 0.25) is 5.91 Å². The summed E-state index contributed by atoms with van der Waals surface area (Å²) in [6, 6.07) is 15.1. The number of likely N-dealkylation sites (tertiary alicyclic amines) is 1. The number of benzene rings is 2. The van der Waals surface area contributed by atoms with Gasteiger partial charge in [-0.2, -0.15) is 0 Å². The maximum absolute atomic E-state index is 14.2. The number of hydrogen-bond acceptors (Lipinski definition) is 2. The Morgan fingerprint density at radius 3 is 2.33 bits per heavy atom. The maximum Gasteiger partial charge on any atom is 0.229 e. The van der Waals surface area contributed by atoms with Gasteiger partial charge in [-0.1, -0.05) is 74.3 Å². The van der Waals surface area contributed by atoms with Crippen LogP contribution in [0.5, 0.6) is 0 Å². The number of allylic oxidation sites excluding steroid dienone is 1. The van der Waals surface area contributed by atoms with E-state index in [4.69, 9.17) is 23.2 Å². The van der Waals surface area contributed by atoms with Gasteiger partial charge in [0.25, 0.3) is 0 Å². The van der Waals surface area contributed by atoms with Crippen molar-refractivity contribution < 1.29 is 9.90 Å². The predicted octanol–water partition coefficient (Wildman–Crippen LogP) is 7.43. The quantitative estimate of drug-likeness (QED) is 0.393. The first-order chi connectivity index (χ1) is 15.6. The van der Waals surface area contributed by atoms with Crippen LogP contribution < -0.4 is 0 Å². The molecule has 1 unspecified atom stereocenters. The van der Waals surface area contributed by atoms with Crippen LogP contribution in [0, 0.1) is 11.3 Å².